The second-order valence-electron chi connectivity index (χ2n) is 6.10. The number of rotatable bonds is 3. The van der Waals surface area contributed by atoms with Crippen molar-refractivity contribution in [1.29, 1.82) is 0 Å². The summed E-state index contributed by atoms with van der Waals surface area (Å²) in [7, 11) is 0. The van der Waals surface area contributed by atoms with Gasteiger partial charge in [-0.25, -0.2) is 4.98 Å². The molecule has 1 aliphatic rings. The normalized spacial score (nSPS) is 16.1. The van der Waals surface area contributed by atoms with E-state index in [4.69, 9.17) is 11.6 Å². The number of pyridine rings is 1. The molecule has 1 aliphatic heterocycles. The fourth-order valence-electron chi connectivity index (χ4n) is 2.88. The molecule has 3 rings (SSSR count). The van der Waals surface area contributed by atoms with Crippen LogP contribution in [-0.4, -0.2) is 46.9 Å². The van der Waals surface area contributed by atoms with Gasteiger partial charge in [0.1, 0.15) is 5.69 Å². The number of amides is 1. The summed E-state index contributed by atoms with van der Waals surface area (Å²) in [6.45, 7) is 4.67. The van der Waals surface area contributed by atoms with Crippen molar-refractivity contribution in [2.24, 2.45) is 0 Å². The Morgan fingerprint density at radius 2 is 1.88 bits per heavy atom. The quantitative estimate of drug-likeness (QED) is 0.774. The molecule has 26 heavy (non-hydrogen) atoms. The number of nitrogens with zero attached hydrogens (tertiary/aromatic N) is 3. The first-order valence-corrected chi connectivity index (χ1v) is 9.24. The van der Waals surface area contributed by atoms with E-state index in [0.29, 0.717) is 26.2 Å². The monoisotopic (exact) mass is 403 g/mol. The van der Waals surface area contributed by atoms with Gasteiger partial charge < -0.3 is 4.90 Å². The van der Waals surface area contributed by atoms with E-state index in [9.17, 15) is 18.0 Å². The lowest BCUT2D eigenvalue weighted by Crippen LogP contribution is -2.48. The van der Waals surface area contributed by atoms with Gasteiger partial charge in [-0.05, 0) is 31.2 Å². The zero-order valence-electron chi connectivity index (χ0n) is 14.0. The Bertz CT molecular complexity index is 801. The zero-order valence-corrected chi connectivity index (χ0v) is 15.6. The molecule has 0 aliphatic carbocycles. The van der Waals surface area contributed by atoms with Crippen LogP contribution in [-0.2, 0) is 12.7 Å². The highest BCUT2D eigenvalue weighted by atomic mass is 35.5. The molecule has 0 unspecified atom stereocenters. The fourth-order valence-corrected chi connectivity index (χ4v) is 4.01. The lowest BCUT2D eigenvalue weighted by Gasteiger charge is -2.34. The number of halogens is 4. The predicted octanol–water partition coefficient (Wildman–Crippen LogP) is 4.08. The van der Waals surface area contributed by atoms with Crippen LogP contribution >= 0.6 is 22.9 Å². The number of hydrogen-bond acceptors (Lipinski definition) is 4. The molecular weight excluding hydrogens is 387 g/mol. The van der Waals surface area contributed by atoms with Crippen LogP contribution < -0.4 is 0 Å². The van der Waals surface area contributed by atoms with E-state index in [1.807, 2.05) is 12.1 Å². The lowest BCUT2D eigenvalue weighted by molar-refractivity contribution is -0.141. The van der Waals surface area contributed by atoms with Gasteiger partial charge >= 0.3 is 6.18 Å². The van der Waals surface area contributed by atoms with E-state index >= 15 is 0 Å². The number of piperazine rings is 1. The standard InChI is InChI=1S/C17H17ClF3N3OS/c1-11-13(3-4-14(22-11)17(19,20)21)16(25)24-8-6-23(7-9-24)10-12-2-5-15(18)26-12/h2-5H,6-10H2,1H3. The summed E-state index contributed by atoms with van der Waals surface area (Å²) in [6.07, 6.45) is -4.51. The maximum absolute atomic E-state index is 12.7. The van der Waals surface area contributed by atoms with Crippen molar-refractivity contribution in [1.82, 2.24) is 14.8 Å². The Kier molecular flexibility index (Phi) is 5.55. The molecule has 0 aromatic carbocycles. The molecule has 1 saturated heterocycles. The molecule has 9 heteroatoms. The maximum Gasteiger partial charge on any atom is 0.433 e. The minimum Gasteiger partial charge on any atom is -0.336 e. The molecule has 1 amide bonds. The molecule has 0 atom stereocenters. The summed E-state index contributed by atoms with van der Waals surface area (Å²) in [6, 6.07) is 5.92. The molecule has 0 N–H and O–H groups in total. The number of alkyl halides is 3. The Balaban J connectivity index is 1.61. The van der Waals surface area contributed by atoms with Crippen molar-refractivity contribution in [2.45, 2.75) is 19.6 Å². The highest BCUT2D eigenvalue weighted by Crippen LogP contribution is 2.28. The van der Waals surface area contributed by atoms with Gasteiger partial charge in [0, 0.05) is 37.6 Å². The second kappa shape index (κ2) is 7.54. The Hall–Kier alpha value is -1.64. The third-order valence-corrected chi connectivity index (χ3v) is 5.49. The van der Waals surface area contributed by atoms with Gasteiger partial charge in [0.15, 0.2) is 0 Å². The van der Waals surface area contributed by atoms with E-state index in [2.05, 4.69) is 9.88 Å². The molecule has 0 spiro atoms. The summed E-state index contributed by atoms with van der Waals surface area (Å²) in [5.41, 5.74) is -0.664. The number of hydrogen-bond donors (Lipinski definition) is 0. The Morgan fingerprint density at radius 1 is 1.19 bits per heavy atom. The molecule has 0 radical (unpaired) electrons. The van der Waals surface area contributed by atoms with Gasteiger partial charge in [0.2, 0.25) is 0 Å². The summed E-state index contributed by atoms with van der Waals surface area (Å²) in [4.78, 5) is 21.2. The van der Waals surface area contributed by atoms with Gasteiger partial charge in [0.05, 0.1) is 15.6 Å². The molecule has 1 fully saturated rings. The van der Waals surface area contributed by atoms with Crippen LogP contribution in [0.5, 0.6) is 0 Å². The molecule has 3 heterocycles. The van der Waals surface area contributed by atoms with Crippen LogP contribution in [0.2, 0.25) is 4.34 Å². The topological polar surface area (TPSA) is 36.4 Å². The molecular formula is C17H17ClF3N3OS. The van der Waals surface area contributed by atoms with Crippen molar-refractivity contribution >= 4 is 28.8 Å². The van der Waals surface area contributed by atoms with Gasteiger partial charge in [-0.15, -0.1) is 11.3 Å². The van der Waals surface area contributed by atoms with Crippen LogP contribution in [0, 0.1) is 6.92 Å². The van der Waals surface area contributed by atoms with E-state index in [1.165, 1.54) is 24.3 Å². The number of carbonyl (C=O) groups is 1. The first kappa shape index (κ1) is 19.1. The molecule has 2 aromatic rings. The van der Waals surface area contributed by atoms with Crippen LogP contribution in [0.1, 0.15) is 26.6 Å². The second-order valence-corrected chi connectivity index (χ2v) is 7.90. The van der Waals surface area contributed by atoms with Crippen molar-refractivity contribution in [3.05, 3.63) is 50.4 Å². The van der Waals surface area contributed by atoms with Gasteiger partial charge in [-0.1, -0.05) is 11.6 Å². The number of aromatic nitrogens is 1. The Morgan fingerprint density at radius 3 is 2.42 bits per heavy atom. The maximum atomic E-state index is 12.7. The van der Waals surface area contributed by atoms with E-state index in [1.54, 1.807) is 4.90 Å². The molecule has 140 valence electrons. The van der Waals surface area contributed by atoms with Crippen molar-refractivity contribution in [3.63, 3.8) is 0 Å². The molecule has 0 bridgehead atoms. The molecule has 0 saturated carbocycles. The first-order valence-electron chi connectivity index (χ1n) is 8.05. The largest absolute Gasteiger partial charge is 0.433 e. The van der Waals surface area contributed by atoms with E-state index < -0.39 is 11.9 Å². The Labute approximate surface area is 158 Å². The minimum atomic E-state index is -4.51. The summed E-state index contributed by atoms with van der Waals surface area (Å²) in [5.74, 6) is -0.275. The average Bonchev–Trinajstić information content (AvgIpc) is 2.99. The molecule has 4 nitrogen and oxygen atoms in total. The van der Waals surface area contributed by atoms with Gasteiger partial charge in [-0.3, -0.25) is 9.69 Å². The van der Waals surface area contributed by atoms with Crippen LogP contribution in [0.15, 0.2) is 24.3 Å². The van der Waals surface area contributed by atoms with E-state index in [-0.39, 0.29) is 17.2 Å². The number of aryl methyl sites for hydroxylation is 1. The van der Waals surface area contributed by atoms with Crippen molar-refractivity contribution in [3.8, 4) is 0 Å². The van der Waals surface area contributed by atoms with Gasteiger partial charge in [-0.2, -0.15) is 13.2 Å². The zero-order chi connectivity index (χ0) is 18.9. The SMILES string of the molecule is Cc1nc(C(F)(F)F)ccc1C(=O)N1CCN(Cc2ccc(Cl)s2)CC1. The lowest BCUT2D eigenvalue weighted by atomic mass is 10.1. The van der Waals surface area contributed by atoms with Crippen molar-refractivity contribution in [2.75, 3.05) is 26.2 Å². The smallest absolute Gasteiger partial charge is 0.336 e. The highest BCUT2D eigenvalue weighted by molar-refractivity contribution is 7.16. The van der Waals surface area contributed by atoms with E-state index in [0.717, 1.165) is 21.8 Å². The first-order chi connectivity index (χ1) is 12.2. The van der Waals surface area contributed by atoms with Crippen molar-refractivity contribution < 1.29 is 18.0 Å². The summed E-state index contributed by atoms with van der Waals surface area (Å²) < 4.78 is 38.9. The number of carbonyl (C=O) groups excluding carboxylic acids is 1. The minimum absolute atomic E-state index is 0.0977. The van der Waals surface area contributed by atoms with Crippen LogP contribution in [0.4, 0.5) is 13.2 Å². The fraction of sp³-hybridized carbons (Fsp3) is 0.412. The van der Waals surface area contributed by atoms with Crippen LogP contribution in [0.3, 0.4) is 0 Å². The highest BCUT2D eigenvalue weighted by Gasteiger charge is 2.33. The predicted molar refractivity (Wildman–Crippen MR) is 94.5 cm³/mol. The third-order valence-electron chi connectivity index (χ3n) is 4.27. The molecule has 2 aromatic heterocycles. The average molecular weight is 404 g/mol. The number of thiophene rings is 1. The summed E-state index contributed by atoms with van der Waals surface area (Å²) in [5, 5.41) is 0. The summed E-state index contributed by atoms with van der Waals surface area (Å²) >= 11 is 7.47. The van der Waals surface area contributed by atoms with Gasteiger partial charge in [0.25, 0.3) is 5.91 Å². The van der Waals surface area contributed by atoms with Crippen LogP contribution in [0.25, 0.3) is 0 Å². The third kappa shape index (κ3) is 4.36.